The third-order valence-corrected chi connectivity index (χ3v) is 3.42. The molecule has 2 rings (SSSR count). The summed E-state index contributed by atoms with van der Waals surface area (Å²) in [5.74, 6) is 2.29. The van der Waals surface area contributed by atoms with Crippen molar-refractivity contribution in [1.29, 1.82) is 0 Å². The molecule has 1 heterocycles. The van der Waals surface area contributed by atoms with E-state index in [0.717, 1.165) is 44.4 Å². The zero-order chi connectivity index (χ0) is 14.2. The highest BCUT2D eigenvalue weighted by Gasteiger charge is 2.15. The fourth-order valence-electron chi connectivity index (χ4n) is 2.14. The molecule has 5 nitrogen and oxygen atoms in total. The highest BCUT2D eigenvalue weighted by atomic mass is 16.5. The first-order valence-corrected chi connectivity index (χ1v) is 6.97. The molecule has 0 amide bonds. The smallest absolute Gasteiger partial charge is 0.191 e. The number of ether oxygens (including phenoxy) is 2. The second kappa shape index (κ2) is 7.75. The number of guanidine groups is 1. The summed E-state index contributed by atoms with van der Waals surface area (Å²) in [7, 11) is 3.46. The third-order valence-electron chi connectivity index (χ3n) is 3.42. The van der Waals surface area contributed by atoms with Gasteiger partial charge in [-0.15, -0.1) is 0 Å². The molecule has 20 heavy (non-hydrogen) atoms. The van der Waals surface area contributed by atoms with E-state index in [9.17, 15) is 0 Å². The molecule has 1 aliphatic rings. The fourth-order valence-corrected chi connectivity index (χ4v) is 2.14. The lowest BCUT2D eigenvalue weighted by Gasteiger charge is -2.14. The van der Waals surface area contributed by atoms with Gasteiger partial charge in [0, 0.05) is 32.7 Å². The molecule has 1 aromatic rings. The van der Waals surface area contributed by atoms with Crippen LogP contribution in [0, 0.1) is 5.92 Å². The maximum absolute atomic E-state index is 5.36. The number of methoxy groups -OCH3 is 1. The van der Waals surface area contributed by atoms with Gasteiger partial charge in [0.2, 0.25) is 0 Å². The van der Waals surface area contributed by atoms with Gasteiger partial charge in [-0.3, -0.25) is 4.99 Å². The lowest BCUT2D eigenvalue weighted by atomic mass is 10.1. The second-order valence-corrected chi connectivity index (χ2v) is 4.88. The van der Waals surface area contributed by atoms with E-state index in [4.69, 9.17) is 9.47 Å². The van der Waals surface area contributed by atoms with Gasteiger partial charge in [-0.2, -0.15) is 0 Å². The zero-order valence-electron chi connectivity index (χ0n) is 12.2. The van der Waals surface area contributed by atoms with Crippen molar-refractivity contribution < 1.29 is 9.47 Å². The normalized spacial score (nSPS) is 18.9. The molecule has 1 saturated heterocycles. The highest BCUT2D eigenvalue weighted by molar-refractivity contribution is 5.79. The van der Waals surface area contributed by atoms with Crippen LogP contribution < -0.4 is 15.4 Å². The number of nitrogens with zero attached hydrogens (tertiary/aromatic N) is 1. The van der Waals surface area contributed by atoms with E-state index in [-0.39, 0.29) is 0 Å². The van der Waals surface area contributed by atoms with Crippen molar-refractivity contribution in [2.24, 2.45) is 10.9 Å². The van der Waals surface area contributed by atoms with Gasteiger partial charge < -0.3 is 20.1 Å². The molecule has 0 aliphatic carbocycles. The number of rotatable bonds is 5. The first-order valence-electron chi connectivity index (χ1n) is 6.97. The maximum Gasteiger partial charge on any atom is 0.191 e. The molecule has 1 aromatic carbocycles. The fraction of sp³-hybridized carbons (Fsp3) is 0.533. The van der Waals surface area contributed by atoms with E-state index in [2.05, 4.69) is 15.6 Å². The van der Waals surface area contributed by atoms with Gasteiger partial charge >= 0.3 is 0 Å². The van der Waals surface area contributed by atoms with Crippen molar-refractivity contribution in [2.45, 2.75) is 13.0 Å². The Hall–Kier alpha value is -1.75. The standard InChI is InChI=1S/C15H23N3O2/c1-16-15(18-10-13-7-8-20-11-13)17-9-12-3-5-14(19-2)6-4-12/h3-6,13H,7-11H2,1-2H3,(H2,16,17,18). The third kappa shape index (κ3) is 4.42. The molecular formula is C15H23N3O2. The van der Waals surface area contributed by atoms with Gasteiger partial charge in [-0.1, -0.05) is 12.1 Å². The zero-order valence-corrected chi connectivity index (χ0v) is 12.2. The van der Waals surface area contributed by atoms with Gasteiger partial charge in [-0.25, -0.2) is 0 Å². The van der Waals surface area contributed by atoms with Gasteiger partial charge in [0.1, 0.15) is 5.75 Å². The number of nitrogens with one attached hydrogen (secondary N) is 2. The Morgan fingerprint density at radius 3 is 2.75 bits per heavy atom. The van der Waals surface area contributed by atoms with Crippen molar-refractivity contribution in [3.63, 3.8) is 0 Å². The summed E-state index contributed by atoms with van der Waals surface area (Å²) in [6.07, 6.45) is 1.13. The number of aliphatic imine (C=N–C) groups is 1. The maximum atomic E-state index is 5.36. The first kappa shape index (κ1) is 14.7. The molecule has 0 radical (unpaired) electrons. The lowest BCUT2D eigenvalue weighted by molar-refractivity contribution is 0.186. The molecule has 0 saturated carbocycles. The lowest BCUT2D eigenvalue weighted by Crippen LogP contribution is -2.39. The van der Waals surface area contributed by atoms with E-state index >= 15 is 0 Å². The van der Waals surface area contributed by atoms with Crippen LogP contribution in [-0.2, 0) is 11.3 Å². The first-order chi connectivity index (χ1) is 9.81. The molecule has 2 N–H and O–H groups in total. The molecule has 1 fully saturated rings. The minimum Gasteiger partial charge on any atom is -0.497 e. The number of hydrogen-bond acceptors (Lipinski definition) is 3. The summed E-state index contributed by atoms with van der Waals surface area (Å²) >= 11 is 0. The summed E-state index contributed by atoms with van der Waals surface area (Å²) in [4.78, 5) is 4.23. The second-order valence-electron chi connectivity index (χ2n) is 4.88. The van der Waals surface area contributed by atoms with Gasteiger partial charge in [0.05, 0.1) is 13.7 Å². The van der Waals surface area contributed by atoms with Crippen LogP contribution in [0.3, 0.4) is 0 Å². The van der Waals surface area contributed by atoms with Crippen molar-refractivity contribution in [3.8, 4) is 5.75 Å². The molecular weight excluding hydrogens is 254 g/mol. The minimum atomic E-state index is 0.592. The molecule has 5 heteroatoms. The SMILES string of the molecule is CN=C(NCc1ccc(OC)cc1)NCC1CCOC1. The summed E-state index contributed by atoms with van der Waals surface area (Å²) in [5.41, 5.74) is 1.19. The monoisotopic (exact) mass is 277 g/mol. The Kier molecular flexibility index (Phi) is 5.68. The summed E-state index contributed by atoms with van der Waals surface area (Å²) in [6, 6.07) is 8.01. The highest BCUT2D eigenvalue weighted by Crippen LogP contribution is 2.11. The molecule has 110 valence electrons. The van der Waals surface area contributed by atoms with E-state index in [1.807, 2.05) is 24.3 Å². The Morgan fingerprint density at radius 2 is 2.15 bits per heavy atom. The Balaban J connectivity index is 1.74. The molecule has 0 aromatic heterocycles. The van der Waals surface area contributed by atoms with Crippen LogP contribution in [0.25, 0.3) is 0 Å². The van der Waals surface area contributed by atoms with Crippen molar-refractivity contribution in [1.82, 2.24) is 10.6 Å². The topological polar surface area (TPSA) is 54.9 Å². The van der Waals surface area contributed by atoms with E-state index in [1.165, 1.54) is 5.56 Å². The minimum absolute atomic E-state index is 0.592. The molecule has 1 atom stereocenters. The molecule has 1 unspecified atom stereocenters. The predicted octanol–water partition coefficient (Wildman–Crippen LogP) is 1.40. The quantitative estimate of drug-likeness (QED) is 0.631. The van der Waals surface area contributed by atoms with Gasteiger partial charge in [-0.05, 0) is 24.1 Å². The Bertz CT molecular complexity index is 425. The predicted molar refractivity (Wildman–Crippen MR) is 80.1 cm³/mol. The average molecular weight is 277 g/mol. The van der Waals surface area contributed by atoms with Crippen molar-refractivity contribution in [2.75, 3.05) is 33.9 Å². The average Bonchev–Trinajstić information content (AvgIpc) is 3.01. The molecule has 0 bridgehead atoms. The van der Waals surface area contributed by atoms with Crippen LogP contribution in [-0.4, -0.2) is 39.9 Å². The van der Waals surface area contributed by atoms with Crippen LogP contribution in [0.15, 0.2) is 29.3 Å². The van der Waals surface area contributed by atoms with Crippen LogP contribution in [0.2, 0.25) is 0 Å². The molecule has 0 spiro atoms. The molecule has 1 aliphatic heterocycles. The van der Waals surface area contributed by atoms with Gasteiger partial charge in [0.15, 0.2) is 5.96 Å². The van der Waals surface area contributed by atoms with Crippen molar-refractivity contribution >= 4 is 5.96 Å². The van der Waals surface area contributed by atoms with E-state index < -0.39 is 0 Å². The van der Waals surface area contributed by atoms with Crippen LogP contribution in [0.5, 0.6) is 5.75 Å². The largest absolute Gasteiger partial charge is 0.497 e. The summed E-state index contributed by atoms with van der Waals surface area (Å²) < 4.78 is 10.5. The summed E-state index contributed by atoms with van der Waals surface area (Å²) in [5, 5.41) is 6.64. The van der Waals surface area contributed by atoms with E-state index in [1.54, 1.807) is 14.2 Å². The number of hydrogen-bond donors (Lipinski definition) is 2. The Morgan fingerprint density at radius 1 is 1.35 bits per heavy atom. The Labute approximate surface area is 120 Å². The number of benzene rings is 1. The van der Waals surface area contributed by atoms with Gasteiger partial charge in [0.25, 0.3) is 0 Å². The van der Waals surface area contributed by atoms with Crippen LogP contribution >= 0.6 is 0 Å². The van der Waals surface area contributed by atoms with Crippen molar-refractivity contribution in [3.05, 3.63) is 29.8 Å². The van der Waals surface area contributed by atoms with E-state index in [0.29, 0.717) is 5.92 Å². The summed E-state index contributed by atoms with van der Waals surface area (Å²) in [6.45, 7) is 3.37. The van der Waals surface area contributed by atoms with Crippen LogP contribution in [0.4, 0.5) is 0 Å². The van der Waals surface area contributed by atoms with Crippen LogP contribution in [0.1, 0.15) is 12.0 Å².